The first-order chi connectivity index (χ1) is 5.29. The van der Waals surface area contributed by atoms with E-state index in [-0.39, 0.29) is 59.1 Å². The summed E-state index contributed by atoms with van der Waals surface area (Å²) in [7, 11) is -1.87. The molecule has 0 saturated heterocycles. The van der Waals surface area contributed by atoms with E-state index in [2.05, 4.69) is 0 Å². The minimum Gasteiger partial charge on any atom is -0.890 e. The first-order valence-corrected chi connectivity index (χ1v) is 3.34. The van der Waals surface area contributed by atoms with Gasteiger partial charge in [-0.15, -0.1) is 0 Å². The summed E-state index contributed by atoms with van der Waals surface area (Å²) in [6, 6.07) is 9.25. The summed E-state index contributed by atoms with van der Waals surface area (Å²) in [4.78, 5) is 0. The Kier molecular flexibility index (Phi) is 12.0. The molecule has 0 radical (unpaired) electrons. The Balaban J connectivity index is 0. The van der Waals surface area contributed by atoms with Gasteiger partial charge in [0.15, 0.2) is 0 Å². The number of hydrogen-bond acceptors (Lipinski definition) is 2. The van der Waals surface area contributed by atoms with Crippen molar-refractivity contribution in [2.75, 3.05) is 0 Å². The van der Waals surface area contributed by atoms with Crippen LogP contribution in [-0.4, -0.2) is 7.12 Å². The molecule has 0 amide bonds. The topological polar surface area (TPSA) is 46.1 Å². The Morgan fingerprint density at radius 1 is 1.00 bits per heavy atom. The van der Waals surface area contributed by atoms with Gasteiger partial charge in [-0.2, -0.15) is 5.98 Å². The first-order valence-electron chi connectivity index (χ1n) is 3.34. The summed E-state index contributed by atoms with van der Waals surface area (Å²) in [5.41, 5.74) is 0.879. The second-order valence-electron chi connectivity index (χ2n) is 2.14. The molecule has 0 aliphatic heterocycles. The van der Waals surface area contributed by atoms with Crippen LogP contribution in [0.5, 0.6) is 0 Å². The quantitative estimate of drug-likeness (QED) is 0.437. The summed E-state index contributed by atoms with van der Waals surface area (Å²) in [5, 5.41) is 20.1. The molecule has 0 atom stereocenters. The average Bonchev–Trinajstić information content (AvgIpc) is 2.03. The monoisotopic (exact) mass is 192 g/mol. The van der Waals surface area contributed by atoms with Crippen molar-refractivity contribution in [3.05, 3.63) is 41.9 Å². The zero-order chi connectivity index (χ0) is 8.10. The Morgan fingerprint density at radius 2 is 1.54 bits per heavy atom. The van der Waals surface area contributed by atoms with E-state index in [4.69, 9.17) is 0 Å². The predicted molar refractivity (Wildman–Crippen MR) is 41.2 cm³/mol. The van der Waals surface area contributed by atoms with Crippen molar-refractivity contribution in [1.82, 2.24) is 0 Å². The smallest absolute Gasteiger partial charge is 0.890 e. The van der Waals surface area contributed by atoms with E-state index in [1.165, 1.54) is 6.08 Å². The summed E-state index contributed by atoms with van der Waals surface area (Å²) in [6.07, 6.45) is 1.53. The van der Waals surface area contributed by atoms with Crippen LogP contribution in [-0.2, 0) is 0 Å². The minimum absolute atomic E-state index is 0. The van der Waals surface area contributed by atoms with E-state index >= 15 is 0 Å². The van der Waals surface area contributed by atoms with Crippen molar-refractivity contribution in [3.8, 4) is 0 Å². The fourth-order valence-corrected chi connectivity index (χ4v) is 0.754. The molecular formula is C8H7BNa2O2. The molecule has 0 aromatic heterocycles. The van der Waals surface area contributed by atoms with Gasteiger partial charge in [-0.3, -0.25) is 0 Å². The van der Waals surface area contributed by atoms with Gasteiger partial charge in [0, 0.05) is 0 Å². The zero-order valence-corrected chi connectivity index (χ0v) is 11.9. The molecule has 0 fully saturated rings. The fraction of sp³-hybridized carbons (Fsp3) is 0. The van der Waals surface area contributed by atoms with Gasteiger partial charge in [0.05, 0.1) is 0 Å². The van der Waals surface area contributed by atoms with E-state index in [1.54, 1.807) is 0 Å². The number of benzene rings is 1. The molecule has 0 aliphatic carbocycles. The van der Waals surface area contributed by atoms with E-state index in [1.807, 2.05) is 30.3 Å². The summed E-state index contributed by atoms with van der Waals surface area (Å²) < 4.78 is 0. The van der Waals surface area contributed by atoms with Crippen molar-refractivity contribution in [3.63, 3.8) is 0 Å². The molecule has 56 valence electrons. The maximum absolute atomic E-state index is 10.1. The van der Waals surface area contributed by atoms with Crippen LogP contribution in [0.15, 0.2) is 36.3 Å². The summed E-state index contributed by atoms with van der Waals surface area (Å²) in [6.45, 7) is 0. The predicted octanol–water partition coefficient (Wildman–Crippen LogP) is -6.54. The van der Waals surface area contributed by atoms with E-state index in [9.17, 15) is 10.0 Å². The SMILES string of the molecule is [Na+].[Na+].[O-]B([O-])C=Cc1ccccc1. The molecule has 0 saturated carbocycles. The molecule has 0 heterocycles. The van der Waals surface area contributed by atoms with Crippen LogP contribution in [0.1, 0.15) is 5.56 Å². The van der Waals surface area contributed by atoms with Gasteiger partial charge >= 0.3 is 59.1 Å². The van der Waals surface area contributed by atoms with Gasteiger partial charge in [0.2, 0.25) is 0 Å². The molecule has 0 aliphatic rings. The van der Waals surface area contributed by atoms with Gasteiger partial charge in [0.25, 0.3) is 0 Å². The third-order valence-corrected chi connectivity index (χ3v) is 1.25. The minimum atomic E-state index is -1.87. The zero-order valence-electron chi connectivity index (χ0n) is 7.94. The van der Waals surface area contributed by atoms with E-state index in [0.717, 1.165) is 11.5 Å². The van der Waals surface area contributed by atoms with E-state index < -0.39 is 7.12 Å². The van der Waals surface area contributed by atoms with Crippen molar-refractivity contribution in [2.45, 2.75) is 0 Å². The third-order valence-electron chi connectivity index (χ3n) is 1.25. The van der Waals surface area contributed by atoms with Gasteiger partial charge in [-0.1, -0.05) is 43.5 Å². The Labute approximate surface area is 123 Å². The second-order valence-corrected chi connectivity index (χ2v) is 2.14. The molecule has 2 nitrogen and oxygen atoms in total. The standard InChI is InChI=1S/C8H7BO2.2Na/c10-9(11)7-6-8-4-2-1-3-5-8;;/h1-7H;;/q-2;2*+1. The Bertz CT molecular complexity index is 239. The third kappa shape index (κ3) is 7.97. The number of rotatable bonds is 2. The van der Waals surface area contributed by atoms with Gasteiger partial charge in [0.1, 0.15) is 0 Å². The largest absolute Gasteiger partial charge is 1.00 e. The second kappa shape index (κ2) is 9.50. The van der Waals surface area contributed by atoms with E-state index in [0.29, 0.717) is 0 Å². The molecule has 0 N–H and O–H groups in total. The first kappa shape index (κ1) is 16.4. The van der Waals surface area contributed by atoms with Crippen LogP contribution in [0.2, 0.25) is 0 Å². The van der Waals surface area contributed by atoms with Gasteiger partial charge < -0.3 is 10.0 Å². The summed E-state index contributed by atoms with van der Waals surface area (Å²) in [5.74, 6) is 1.09. The average molecular weight is 192 g/mol. The molecule has 1 aromatic rings. The van der Waals surface area contributed by atoms with Crippen molar-refractivity contribution < 1.29 is 69.2 Å². The van der Waals surface area contributed by atoms with Crippen LogP contribution in [0.3, 0.4) is 0 Å². The molecule has 0 bridgehead atoms. The van der Waals surface area contributed by atoms with Gasteiger partial charge in [-0.05, 0) is 5.56 Å². The van der Waals surface area contributed by atoms with Crippen molar-refractivity contribution >= 4 is 13.2 Å². The molecule has 13 heavy (non-hydrogen) atoms. The molecule has 1 aromatic carbocycles. The maximum Gasteiger partial charge on any atom is 1.00 e. The van der Waals surface area contributed by atoms with Gasteiger partial charge in [-0.25, -0.2) is 0 Å². The van der Waals surface area contributed by atoms with Crippen LogP contribution < -0.4 is 69.2 Å². The Hall–Kier alpha value is 0.945. The van der Waals surface area contributed by atoms with Crippen LogP contribution >= 0.6 is 0 Å². The maximum atomic E-state index is 10.1. The molecule has 0 unspecified atom stereocenters. The normalized spacial score (nSPS) is 8.77. The molecule has 0 spiro atoms. The molecular weight excluding hydrogens is 185 g/mol. The fourth-order valence-electron chi connectivity index (χ4n) is 0.754. The number of hydrogen-bond donors (Lipinski definition) is 0. The summed E-state index contributed by atoms with van der Waals surface area (Å²) >= 11 is 0. The van der Waals surface area contributed by atoms with Crippen molar-refractivity contribution in [2.24, 2.45) is 0 Å². The van der Waals surface area contributed by atoms with Crippen LogP contribution in [0, 0.1) is 0 Å². The van der Waals surface area contributed by atoms with Crippen molar-refractivity contribution in [1.29, 1.82) is 0 Å². The molecule has 1 rings (SSSR count). The Morgan fingerprint density at radius 3 is 2.00 bits per heavy atom. The van der Waals surface area contributed by atoms with Crippen LogP contribution in [0.4, 0.5) is 0 Å². The molecule has 5 heteroatoms. The van der Waals surface area contributed by atoms with Crippen LogP contribution in [0.25, 0.3) is 6.08 Å².